The van der Waals surface area contributed by atoms with Crippen molar-refractivity contribution in [2.45, 2.75) is 13.5 Å². The Morgan fingerprint density at radius 1 is 1.16 bits per heavy atom. The lowest BCUT2D eigenvalue weighted by molar-refractivity contribution is 0.618. The molecule has 0 aromatic heterocycles. The molecule has 96 valence electrons. The van der Waals surface area contributed by atoms with Crippen LogP contribution in [0.25, 0.3) is 0 Å². The van der Waals surface area contributed by atoms with Crippen molar-refractivity contribution in [2.24, 2.45) is 0 Å². The van der Waals surface area contributed by atoms with Gasteiger partial charge in [-0.3, -0.25) is 0 Å². The summed E-state index contributed by atoms with van der Waals surface area (Å²) < 4.78 is 13.8. The molecular weight excluding hydrogens is 239 g/mol. The first-order valence-corrected chi connectivity index (χ1v) is 6.23. The Bertz CT molecular complexity index is 602. The molecule has 0 atom stereocenters. The van der Waals surface area contributed by atoms with E-state index in [1.807, 2.05) is 36.1 Å². The van der Waals surface area contributed by atoms with Crippen LogP contribution in [0.4, 0.5) is 10.1 Å². The van der Waals surface area contributed by atoms with Gasteiger partial charge in [0.1, 0.15) is 5.82 Å². The van der Waals surface area contributed by atoms with Gasteiger partial charge in [-0.05, 0) is 36.8 Å². The van der Waals surface area contributed by atoms with Crippen molar-refractivity contribution in [3.63, 3.8) is 0 Å². The minimum absolute atomic E-state index is 0.221. The zero-order chi connectivity index (χ0) is 13.7. The molecule has 2 nitrogen and oxygen atoms in total. The second-order valence-electron chi connectivity index (χ2n) is 4.28. The van der Waals surface area contributed by atoms with Crippen LogP contribution in [0, 0.1) is 17.1 Å². The highest BCUT2D eigenvalue weighted by atomic mass is 19.1. The number of nitriles is 1. The predicted octanol–water partition coefficient (Wildman–Crippen LogP) is 3.72. The third kappa shape index (κ3) is 3.11. The van der Waals surface area contributed by atoms with Crippen LogP contribution in [0.15, 0.2) is 48.5 Å². The Kier molecular flexibility index (Phi) is 4.15. The molecule has 0 N–H and O–H groups in total. The summed E-state index contributed by atoms with van der Waals surface area (Å²) in [5.41, 5.74) is 2.22. The van der Waals surface area contributed by atoms with E-state index in [1.54, 1.807) is 18.2 Å². The van der Waals surface area contributed by atoms with Crippen molar-refractivity contribution >= 4 is 5.69 Å². The molecule has 0 heterocycles. The smallest absolute Gasteiger partial charge is 0.146 e. The first kappa shape index (κ1) is 13.1. The van der Waals surface area contributed by atoms with Gasteiger partial charge in [0.2, 0.25) is 0 Å². The topological polar surface area (TPSA) is 27.0 Å². The maximum atomic E-state index is 13.8. The molecule has 0 saturated heterocycles. The van der Waals surface area contributed by atoms with Crippen molar-refractivity contribution in [1.29, 1.82) is 5.26 Å². The standard InChI is InChI=1S/C16H15FN2/c1-2-19(16-9-4-3-8-15(16)17)12-14-7-5-6-13(10-14)11-18/h3-10H,2,12H2,1H3. The zero-order valence-corrected chi connectivity index (χ0v) is 10.8. The van der Waals surface area contributed by atoms with Gasteiger partial charge >= 0.3 is 0 Å². The maximum absolute atomic E-state index is 13.8. The van der Waals surface area contributed by atoms with E-state index in [-0.39, 0.29) is 5.82 Å². The van der Waals surface area contributed by atoms with E-state index in [2.05, 4.69) is 6.07 Å². The summed E-state index contributed by atoms with van der Waals surface area (Å²) in [4.78, 5) is 1.95. The van der Waals surface area contributed by atoms with Crippen LogP contribution in [-0.4, -0.2) is 6.54 Å². The van der Waals surface area contributed by atoms with E-state index >= 15 is 0 Å². The molecule has 19 heavy (non-hydrogen) atoms. The average Bonchev–Trinajstić information content (AvgIpc) is 2.46. The summed E-state index contributed by atoms with van der Waals surface area (Å²) in [7, 11) is 0. The summed E-state index contributed by atoms with van der Waals surface area (Å²) in [5.74, 6) is -0.221. The summed E-state index contributed by atoms with van der Waals surface area (Å²) in [6.45, 7) is 3.28. The Morgan fingerprint density at radius 2 is 1.95 bits per heavy atom. The summed E-state index contributed by atoms with van der Waals surface area (Å²) in [6.07, 6.45) is 0. The van der Waals surface area contributed by atoms with Gasteiger partial charge in [-0.25, -0.2) is 4.39 Å². The Labute approximate surface area is 112 Å². The van der Waals surface area contributed by atoms with E-state index in [4.69, 9.17) is 5.26 Å². The number of hydrogen-bond acceptors (Lipinski definition) is 2. The predicted molar refractivity (Wildman–Crippen MR) is 74.3 cm³/mol. The van der Waals surface area contributed by atoms with Gasteiger partial charge in [0.05, 0.1) is 17.3 Å². The van der Waals surface area contributed by atoms with Crippen molar-refractivity contribution in [1.82, 2.24) is 0 Å². The van der Waals surface area contributed by atoms with Gasteiger partial charge in [-0.1, -0.05) is 24.3 Å². The van der Waals surface area contributed by atoms with Crippen molar-refractivity contribution in [3.8, 4) is 6.07 Å². The van der Waals surface area contributed by atoms with E-state index in [0.29, 0.717) is 24.3 Å². The van der Waals surface area contributed by atoms with Crippen LogP contribution in [0.5, 0.6) is 0 Å². The van der Waals surface area contributed by atoms with E-state index < -0.39 is 0 Å². The molecule has 0 aliphatic carbocycles. The lowest BCUT2D eigenvalue weighted by Crippen LogP contribution is -2.23. The molecule has 3 heteroatoms. The molecule has 0 amide bonds. The lowest BCUT2D eigenvalue weighted by Gasteiger charge is -2.23. The number of anilines is 1. The highest BCUT2D eigenvalue weighted by Crippen LogP contribution is 2.20. The highest BCUT2D eigenvalue weighted by Gasteiger charge is 2.09. The van der Waals surface area contributed by atoms with Crippen molar-refractivity contribution in [2.75, 3.05) is 11.4 Å². The van der Waals surface area contributed by atoms with Gasteiger partial charge in [-0.15, -0.1) is 0 Å². The quantitative estimate of drug-likeness (QED) is 0.831. The fourth-order valence-electron chi connectivity index (χ4n) is 2.04. The zero-order valence-electron chi connectivity index (χ0n) is 10.8. The minimum Gasteiger partial charge on any atom is -0.365 e. The number of halogens is 1. The molecule has 0 aliphatic heterocycles. The third-order valence-corrected chi connectivity index (χ3v) is 3.00. The molecule has 0 aliphatic rings. The van der Waals surface area contributed by atoms with Gasteiger partial charge in [0, 0.05) is 13.1 Å². The lowest BCUT2D eigenvalue weighted by atomic mass is 10.1. The molecule has 0 fully saturated rings. The molecule has 2 aromatic carbocycles. The van der Waals surface area contributed by atoms with Crippen molar-refractivity contribution in [3.05, 3.63) is 65.5 Å². The highest BCUT2D eigenvalue weighted by molar-refractivity contribution is 5.48. The first-order chi connectivity index (χ1) is 9.24. The first-order valence-electron chi connectivity index (χ1n) is 6.23. The van der Waals surface area contributed by atoms with Crippen LogP contribution in [0.3, 0.4) is 0 Å². The van der Waals surface area contributed by atoms with Crippen LogP contribution < -0.4 is 4.90 Å². The van der Waals surface area contributed by atoms with E-state index in [0.717, 1.165) is 5.56 Å². The van der Waals surface area contributed by atoms with Gasteiger partial charge < -0.3 is 4.90 Å². The molecule has 0 unspecified atom stereocenters. The number of rotatable bonds is 4. The average molecular weight is 254 g/mol. The fraction of sp³-hybridized carbons (Fsp3) is 0.188. The minimum atomic E-state index is -0.221. The summed E-state index contributed by atoms with van der Waals surface area (Å²) in [5, 5.41) is 8.89. The molecule has 0 spiro atoms. The molecule has 0 bridgehead atoms. The van der Waals surface area contributed by atoms with Crippen LogP contribution in [0.2, 0.25) is 0 Å². The number of benzene rings is 2. The third-order valence-electron chi connectivity index (χ3n) is 3.00. The van der Waals surface area contributed by atoms with Gasteiger partial charge in [0.15, 0.2) is 0 Å². The summed E-state index contributed by atoms with van der Waals surface area (Å²) in [6, 6.07) is 16.3. The second kappa shape index (κ2) is 6.01. The monoisotopic (exact) mass is 254 g/mol. The molecule has 0 saturated carbocycles. The Balaban J connectivity index is 2.24. The second-order valence-corrected chi connectivity index (χ2v) is 4.28. The normalized spacial score (nSPS) is 9.95. The molecular formula is C16H15FN2. The molecule has 2 rings (SSSR count). The van der Waals surface area contributed by atoms with Crippen LogP contribution in [0.1, 0.15) is 18.1 Å². The van der Waals surface area contributed by atoms with E-state index in [9.17, 15) is 4.39 Å². The fourth-order valence-corrected chi connectivity index (χ4v) is 2.04. The summed E-state index contributed by atoms with van der Waals surface area (Å²) >= 11 is 0. The molecule has 0 radical (unpaired) electrons. The SMILES string of the molecule is CCN(Cc1cccc(C#N)c1)c1ccccc1F. The van der Waals surface area contributed by atoms with Crippen LogP contribution in [-0.2, 0) is 6.54 Å². The van der Waals surface area contributed by atoms with Crippen molar-refractivity contribution < 1.29 is 4.39 Å². The Hall–Kier alpha value is -2.34. The molecule has 2 aromatic rings. The van der Waals surface area contributed by atoms with Gasteiger partial charge in [0.25, 0.3) is 0 Å². The number of hydrogen-bond donors (Lipinski definition) is 0. The number of nitrogens with zero attached hydrogens (tertiary/aromatic N) is 2. The van der Waals surface area contributed by atoms with Crippen LogP contribution >= 0.6 is 0 Å². The van der Waals surface area contributed by atoms with Gasteiger partial charge in [-0.2, -0.15) is 5.26 Å². The maximum Gasteiger partial charge on any atom is 0.146 e. The largest absolute Gasteiger partial charge is 0.365 e. The Morgan fingerprint density at radius 3 is 2.63 bits per heavy atom. The van der Waals surface area contributed by atoms with E-state index in [1.165, 1.54) is 6.07 Å². The number of para-hydroxylation sites is 1.